The third-order valence-corrected chi connectivity index (χ3v) is 4.54. The molecule has 3 nitrogen and oxygen atoms in total. The molecule has 0 unspecified atom stereocenters. The van der Waals surface area contributed by atoms with E-state index in [1.165, 1.54) is 0 Å². The lowest BCUT2D eigenvalue weighted by Gasteiger charge is -1.94. The van der Waals surface area contributed by atoms with Gasteiger partial charge in [-0.25, -0.2) is 9.97 Å². The number of rotatable bonds is 1. The maximum atomic E-state index is 5.52. The molecule has 17 heavy (non-hydrogen) atoms. The lowest BCUT2D eigenvalue weighted by atomic mass is 10.2. The molecule has 0 aliphatic carbocycles. The van der Waals surface area contributed by atoms with Crippen LogP contribution in [0, 0.1) is 13.8 Å². The third-order valence-electron chi connectivity index (χ3n) is 2.48. The maximum Gasteiger partial charge on any atom is 0.192 e. The molecular weight excluding hydrogens is 300 g/mol. The molecule has 5 heteroatoms. The number of nitrogens with zero attached hydrogens (tertiary/aromatic N) is 2. The summed E-state index contributed by atoms with van der Waals surface area (Å²) in [5.74, 6) is 0.689. The highest BCUT2D eigenvalue weighted by Gasteiger charge is 2.09. The molecule has 0 aliphatic heterocycles. The average molecular weight is 309 g/mol. The van der Waals surface area contributed by atoms with Gasteiger partial charge < -0.3 is 4.42 Å². The zero-order chi connectivity index (χ0) is 12.0. The molecule has 3 aromatic rings. The molecule has 0 N–H and O–H groups in total. The van der Waals surface area contributed by atoms with Crippen molar-refractivity contribution in [1.29, 1.82) is 0 Å². The molecule has 0 saturated heterocycles. The fraction of sp³-hybridized carbons (Fsp3) is 0.167. The Labute approximate surface area is 111 Å². The van der Waals surface area contributed by atoms with Crippen molar-refractivity contribution in [3.8, 4) is 10.6 Å². The second-order valence-corrected chi connectivity index (χ2v) is 6.11. The Bertz CT molecular complexity index is 682. The van der Waals surface area contributed by atoms with Crippen LogP contribution in [-0.4, -0.2) is 9.97 Å². The fourth-order valence-electron chi connectivity index (χ4n) is 1.67. The van der Waals surface area contributed by atoms with Crippen LogP contribution in [0.15, 0.2) is 26.4 Å². The Morgan fingerprint density at radius 3 is 2.76 bits per heavy atom. The molecule has 0 saturated carbocycles. The summed E-state index contributed by atoms with van der Waals surface area (Å²) in [5.41, 5.74) is 3.77. The molecule has 0 fully saturated rings. The summed E-state index contributed by atoms with van der Waals surface area (Å²) >= 11 is 5.11. The fourth-order valence-corrected chi connectivity index (χ4v) is 3.01. The summed E-state index contributed by atoms with van der Waals surface area (Å²) < 4.78 is 6.59. The first-order valence-corrected chi connectivity index (χ1v) is 6.75. The van der Waals surface area contributed by atoms with Crippen molar-refractivity contribution in [1.82, 2.24) is 9.97 Å². The summed E-state index contributed by atoms with van der Waals surface area (Å²) in [6, 6.07) is 5.97. The molecule has 3 rings (SSSR count). The van der Waals surface area contributed by atoms with Gasteiger partial charge in [0, 0.05) is 12.5 Å². The predicted octanol–water partition coefficient (Wildman–Crippen LogP) is 4.33. The van der Waals surface area contributed by atoms with Gasteiger partial charge in [-0.05, 0) is 41.1 Å². The smallest absolute Gasteiger partial charge is 0.192 e. The molecular formula is C12H9BrN2OS. The summed E-state index contributed by atoms with van der Waals surface area (Å²) in [6.07, 6.45) is 0. The van der Waals surface area contributed by atoms with Gasteiger partial charge in [0.15, 0.2) is 11.5 Å². The van der Waals surface area contributed by atoms with E-state index in [0.717, 1.165) is 31.2 Å². The highest BCUT2D eigenvalue weighted by atomic mass is 79.9. The predicted molar refractivity (Wildman–Crippen MR) is 72.3 cm³/mol. The molecule has 0 amide bonds. The minimum atomic E-state index is 0.689. The Morgan fingerprint density at radius 2 is 2.06 bits per heavy atom. The monoisotopic (exact) mass is 308 g/mol. The summed E-state index contributed by atoms with van der Waals surface area (Å²) in [7, 11) is 0. The van der Waals surface area contributed by atoms with Gasteiger partial charge >= 0.3 is 0 Å². The maximum absolute atomic E-state index is 5.52. The van der Waals surface area contributed by atoms with Crippen molar-refractivity contribution in [2.75, 3.05) is 0 Å². The zero-order valence-electron chi connectivity index (χ0n) is 9.32. The molecule has 0 bridgehead atoms. The van der Waals surface area contributed by atoms with Gasteiger partial charge in [0.2, 0.25) is 0 Å². The van der Waals surface area contributed by atoms with Crippen LogP contribution in [0.1, 0.15) is 11.6 Å². The number of halogens is 1. The second-order valence-electron chi connectivity index (χ2n) is 3.79. The third kappa shape index (κ3) is 1.89. The van der Waals surface area contributed by atoms with E-state index in [2.05, 4.69) is 25.9 Å². The lowest BCUT2D eigenvalue weighted by molar-refractivity contribution is 0.561. The van der Waals surface area contributed by atoms with Gasteiger partial charge in [-0.15, -0.1) is 11.3 Å². The van der Waals surface area contributed by atoms with Gasteiger partial charge in [0.1, 0.15) is 10.5 Å². The number of oxazole rings is 1. The van der Waals surface area contributed by atoms with Crippen LogP contribution in [0.25, 0.3) is 21.7 Å². The minimum absolute atomic E-state index is 0.689. The van der Waals surface area contributed by atoms with Crippen molar-refractivity contribution in [2.45, 2.75) is 13.8 Å². The van der Waals surface area contributed by atoms with E-state index in [9.17, 15) is 0 Å². The van der Waals surface area contributed by atoms with E-state index in [1.807, 2.05) is 32.0 Å². The number of fused-ring (bicyclic) bond motifs is 1. The van der Waals surface area contributed by atoms with E-state index in [4.69, 9.17) is 4.42 Å². The molecule has 2 heterocycles. The van der Waals surface area contributed by atoms with Crippen LogP contribution in [0.5, 0.6) is 0 Å². The van der Waals surface area contributed by atoms with Crippen molar-refractivity contribution in [3.05, 3.63) is 33.6 Å². The number of aromatic nitrogens is 2. The van der Waals surface area contributed by atoms with E-state index >= 15 is 0 Å². The summed E-state index contributed by atoms with van der Waals surface area (Å²) in [6.45, 7) is 3.84. The number of hydrogen-bond donors (Lipinski definition) is 0. The summed E-state index contributed by atoms with van der Waals surface area (Å²) in [4.78, 5) is 8.78. The highest BCUT2D eigenvalue weighted by Crippen LogP contribution is 2.33. The van der Waals surface area contributed by atoms with Gasteiger partial charge in [0.25, 0.3) is 0 Å². The number of hydrogen-bond acceptors (Lipinski definition) is 4. The van der Waals surface area contributed by atoms with Crippen molar-refractivity contribution in [3.63, 3.8) is 0 Å². The van der Waals surface area contributed by atoms with E-state index in [-0.39, 0.29) is 0 Å². The first-order valence-electron chi connectivity index (χ1n) is 5.14. The largest absolute Gasteiger partial charge is 0.441 e. The Hall–Kier alpha value is -1.20. The van der Waals surface area contributed by atoms with Crippen LogP contribution >= 0.6 is 27.3 Å². The van der Waals surface area contributed by atoms with Crippen LogP contribution in [0.4, 0.5) is 0 Å². The second kappa shape index (κ2) is 3.92. The van der Waals surface area contributed by atoms with E-state index in [0.29, 0.717) is 5.89 Å². The number of benzene rings is 1. The van der Waals surface area contributed by atoms with Crippen molar-refractivity contribution < 1.29 is 4.42 Å². The van der Waals surface area contributed by atoms with Crippen molar-refractivity contribution in [2.24, 2.45) is 0 Å². The first kappa shape index (κ1) is 10.9. The molecule has 0 aliphatic rings. The quantitative estimate of drug-likeness (QED) is 0.671. The SMILES string of the molecule is Cc1nc2ccc(-c3nc(C)c(Br)s3)cc2o1. The number of thiazole rings is 1. The Kier molecular flexibility index (Phi) is 2.52. The first-order chi connectivity index (χ1) is 8.13. The molecule has 0 atom stereocenters. The summed E-state index contributed by atoms with van der Waals surface area (Å²) in [5, 5.41) is 0.991. The molecule has 86 valence electrons. The number of aryl methyl sites for hydroxylation is 2. The Morgan fingerprint density at radius 1 is 1.24 bits per heavy atom. The van der Waals surface area contributed by atoms with Crippen LogP contribution in [-0.2, 0) is 0 Å². The molecule has 0 radical (unpaired) electrons. The van der Waals surface area contributed by atoms with Gasteiger partial charge in [-0.3, -0.25) is 0 Å². The zero-order valence-corrected chi connectivity index (χ0v) is 11.7. The molecule has 1 aromatic carbocycles. The topological polar surface area (TPSA) is 38.9 Å². The molecule has 0 spiro atoms. The standard InChI is InChI=1S/C12H9BrN2OS/c1-6-11(13)17-12(14-6)8-3-4-9-10(5-8)16-7(2)15-9/h3-5H,1-2H3. The normalized spacial score (nSPS) is 11.2. The Balaban J connectivity index is 2.16. The van der Waals surface area contributed by atoms with Gasteiger partial charge in [-0.2, -0.15) is 0 Å². The highest BCUT2D eigenvalue weighted by molar-refractivity contribution is 9.11. The van der Waals surface area contributed by atoms with E-state index in [1.54, 1.807) is 11.3 Å². The van der Waals surface area contributed by atoms with Crippen LogP contribution in [0.2, 0.25) is 0 Å². The van der Waals surface area contributed by atoms with Crippen molar-refractivity contribution >= 4 is 38.4 Å². The lowest BCUT2D eigenvalue weighted by Crippen LogP contribution is -1.77. The van der Waals surface area contributed by atoms with Crippen LogP contribution < -0.4 is 0 Å². The molecule has 2 aromatic heterocycles. The van der Waals surface area contributed by atoms with Crippen LogP contribution in [0.3, 0.4) is 0 Å². The minimum Gasteiger partial charge on any atom is -0.441 e. The van der Waals surface area contributed by atoms with Gasteiger partial charge in [0.05, 0.1) is 9.48 Å². The average Bonchev–Trinajstić information content (AvgIpc) is 2.80. The van der Waals surface area contributed by atoms with E-state index < -0.39 is 0 Å². The van der Waals surface area contributed by atoms with Gasteiger partial charge in [-0.1, -0.05) is 0 Å².